The van der Waals surface area contributed by atoms with Gasteiger partial charge in [0.05, 0.1) is 17.7 Å². The molecule has 1 amide bonds. The number of carbonyl (C=O) groups excluding carboxylic acids is 1. The van der Waals surface area contributed by atoms with Gasteiger partial charge >= 0.3 is 0 Å². The van der Waals surface area contributed by atoms with E-state index in [1.807, 2.05) is 6.92 Å². The lowest BCUT2D eigenvalue weighted by Crippen LogP contribution is -2.42. The molecule has 0 heterocycles. The van der Waals surface area contributed by atoms with Crippen molar-refractivity contribution in [1.29, 1.82) is 5.26 Å². The van der Waals surface area contributed by atoms with E-state index in [0.29, 0.717) is 6.54 Å². The van der Waals surface area contributed by atoms with E-state index in [1.165, 1.54) is 0 Å². The third-order valence-electron chi connectivity index (χ3n) is 2.80. The summed E-state index contributed by atoms with van der Waals surface area (Å²) in [6.07, 6.45) is 0.817. The minimum atomic E-state index is -0.796. The van der Waals surface area contributed by atoms with Crippen LogP contribution in [0.1, 0.15) is 31.4 Å². The first-order chi connectivity index (χ1) is 9.49. The van der Waals surface area contributed by atoms with E-state index < -0.39 is 17.7 Å². The Labute approximate surface area is 116 Å². The van der Waals surface area contributed by atoms with Gasteiger partial charge in [-0.25, -0.2) is 8.78 Å². The number of nitrogens with one attached hydrogen (secondary N) is 2. The highest BCUT2D eigenvalue weighted by Gasteiger charge is 2.15. The van der Waals surface area contributed by atoms with E-state index in [9.17, 15) is 13.6 Å². The van der Waals surface area contributed by atoms with E-state index in [4.69, 9.17) is 5.26 Å². The number of rotatable bonds is 6. The summed E-state index contributed by atoms with van der Waals surface area (Å²) >= 11 is 0. The van der Waals surface area contributed by atoms with E-state index in [1.54, 1.807) is 13.0 Å². The van der Waals surface area contributed by atoms with Crippen LogP contribution in [-0.2, 0) is 11.3 Å². The molecule has 4 nitrogen and oxygen atoms in total. The van der Waals surface area contributed by atoms with E-state index in [0.717, 1.165) is 18.6 Å². The summed E-state index contributed by atoms with van der Waals surface area (Å²) in [6, 6.07) is 3.07. The van der Waals surface area contributed by atoms with Gasteiger partial charge in [0, 0.05) is 18.7 Å². The van der Waals surface area contributed by atoms with Gasteiger partial charge in [-0.3, -0.25) is 4.79 Å². The quantitative estimate of drug-likeness (QED) is 0.836. The van der Waals surface area contributed by atoms with Crippen molar-refractivity contribution in [2.75, 3.05) is 6.54 Å². The minimum absolute atomic E-state index is 0.0718. The molecule has 0 fully saturated rings. The molecule has 1 aromatic rings. The second-order valence-electron chi connectivity index (χ2n) is 4.42. The Balaban J connectivity index is 2.66. The van der Waals surface area contributed by atoms with Crippen LogP contribution < -0.4 is 10.6 Å². The van der Waals surface area contributed by atoms with Crippen molar-refractivity contribution in [2.24, 2.45) is 0 Å². The number of carbonyl (C=O) groups is 1. The third kappa shape index (κ3) is 4.28. The number of halogens is 2. The standard InChI is InChI=1S/C14H17F2N3O/c1-3-4-18-14(20)9(2)19-8-11-12(15)5-10(7-17)6-13(11)16/h5-6,9,19H,3-4,8H2,1-2H3,(H,18,20). The summed E-state index contributed by atoms with van der Waals surface area (Å²) < 4.78 is 27.2. The monoisotopic (exact) mass is 281 g/mol. The largest absolute Gasteiger partial charge is 0.355 e. The first-order valence-corrected chi connectivity index (χ1v) is 6.38. The first kappa shape index (κ1) is 16.1. The summed E-state index contributed by atoms with van der Waals surface area (Å²) in [5.41, 5.74) is -0.253. The highest BCUT2D eigenvalue weighted by molar-refractivity contribution is 5.81. The molecular formula is C14H17F2N3O. The van der Waals surface area contributed by atoms with Gasteiger partial charge in [0.25, 0.3) is 0 Å². The summed E-state index contributed by atoms with van der Waals surface area (Å²) in [4.78, 5) is 11.6. The molecule has 1 aromatic carbocycles. The molecule has 0 bridgehead atoms. The fourth-order valence-electron chi connectivity index (χ4n) is 1.59. The SMILES string of the molecule is CCCNC(=O)C(C)NCc1c(F)cc(C#N)cc1F. The number of amides is 1. The predicted octanol–water partition coefficient (Wildman–Crippen LogP) is 1.84. The number of nitriles is 1. The molecule has 0 spiro atoms. The van der Waals surface area contributed by atoms with Crippen LogP contribution in [0, 0.1) is 23.0 Å². The summed E-state index contributed by atoms with van der Waals surface area (Å²) in [6.45, 7) is 3.98. The van der Waals surface area contributed by atoms with Crippen molar-refractivity contribution in [3.8, 4) is 6.07 Å². The van der Waals surface area contributed by atoms with Gasteiger partial charge in [0.2, 0.25) is 5.91 Å². The molecule has 0 saturated heterocycles. The minimum Gasteiger partial charge on any atom is -0.355 e. The third-order valence-corrected chi connectivity index (χ3v) is 2.80. The topological polar surface area (TPSA) is 64.9 Å². The van der Waals surface area contributed by atoms with E-state index >= 15 is 0 Å². The maximum absolute atomic E-state index is 13.6. The van der Waals surface area contributed by atoms with Gasteiger partial charge in [-0.15, -0.1) is 0 Å². The van der Waals surface area contributed by atoms with Gasteiger partial charge in [0.1, 0.15) is 11.6 Å². The van der Waals surface area contributed by atoms with Crippen LogP contribution >= 0.6 is 0 Å². The summed E-state index contributed by atoms with van der Waals surface area (Å²) in [5, 5.41) is 14.0. The fourth-order valence-corrected chi connectivity index (χ4v) is 1.59. The van der Waals surface area contributed by atoms with Crippen LogP contribution in [0.5, 0.6) is 0 Å². The predicted molar refractivity (Wildman–Crippen MR) is 70.7 cm³/mol. The van der Waals surface area contributed by atoms with Crippen LogP contribution in [0.3, 0.4) is 0 Å². The van der Waals surface area contributed by atoms with Crippen LogP contribution in [-0.4, -0.2) is 18.5 Å². The zero-order chi connectivity index (χ0) is 15.1. The number of nitrogens with zero attached hydrogens (tertiary/aromatic N) is 1. The molecule has 0 aliphatic heterocycles. The molecule has 1 unspecified atom stereocenters. The second kappa shape index (κ2) is 7.56. The van der Waals surface area contributed by atoms with Gasteiger partial charge in [-0.2, -0.15) is 5.26 Å². The maximum Gasteiger partial charge on any atom is 0.236 e. The van der Waals surface area contributed by atoms with Crippen molar-refractivity contribution in [3.63, 3.8) is 0 Å². The van der Waals surface area contributed by atoms with Crippen molar-refractivity contribution < 1.29 is 13.6 Å². The second-order valence-corrected chi connectivity index (χ2v) is 4.42. The normalized spacial score (nSPS) is 11.8. The average Bonchev–Trinajstić information content (AvgIpc) is 2.43. The lowest BCUT2D eigenvalue weighted by molar-refractivity contribution is -0.122. The zero-order valence-electron chi connectivity index (χ0n) is 11.5. The molecule has 0 radical (unpaired) electrons. The van der Waals surface area contributed by atoms with Crippen LogP contribution in [0.2, 0.25) is 0 Å². The molecule has 0 aliphatic carbocycles. The van der Waals surface area contributed by atoms with Crippen LogP contribution in [0.25, 0.3) is 0 Å². The Morgan fingerprint density at radius 2 is 2.00 bits per heavy atom. The average molecular weight is 281 g/mol. The highest BCUT2D eigenvalue weighted by Crippen LogP contribution is 2.15. The summed E-state index contributed by atoms with van der Waals surface area (Å²) in [7, 11) is 0. The molecule has 1 rings (SSSR count). The Morgan fingerprint density at radius 1 is 1.40 bits per heavy atom. The van der Waals surface area contributed by atoms with E-state index in [2.05, 4.69) is 10.6 Å². The molecular weight excluding hydrogens is 264 g/mol. The molecule has 0 aliphatic rings. The Morgan fingerprint density at radius 3 is 2.50 bits per heavy atom. The zero-order valence-corrected chi connectivity index (χ0v) is 11.5. The molecule has 1 atom stereocenters. The molecule has 20 heavy (non-hydrogen) atoms. The van der Waals surface area contributed by atoms with Gasteiger partial charge in [-0.1, -0.05) is 6.92 Å². The van der Waals surface area contributed by atoms with Crippen LogP contribution in [0.4, 0.5) is 8.78 Å². The molecule has 6 heteroatoms. The lowest BCUT2D eigenvalue weighted by Gasteiger charge is -2.14. The van der Waals surface area contributed by atoms with Crippen molar-refractivity contribution in [1.82, 2.24) is 10.6 Å². The molecule has 0 aromatic heterocycles. The Kier molecular flexibility index (Phi) is 6.07. The number of hydrogen-bond acceptors (Lipinski definition) is 3. The smallest absolute Gasteiger partial charge is 0.236 e. The maximum atomic E-state index is 13.6. The summed E-state index contributed by atoms with van der Waals surface area (Å²) in [5.74, 6) is -1.81. The van der Waals surface area contributed by atoms with Gasteiger partial charge in [0.15, 0.2) is 0 Å². The van der Waals surface area contributed by atoms with E-state index in [-0.39, 0.29) is 23.6 Å². The molecule has 0 saturated carbocycles. The number of benzene rings is 1. The van der Waals surface area contributed by atoms with Crippen molar-refractivity contribution >= 4 is 5.91 Å². The highest BCUT2D eigenvalue weighted by atomic mass is 19.1. The molecule has 108 valence electrons. The van der Waals surface area contributed by atoms with Crippen molar-refractivity contribution in [3.05, 3.63) is 34.9 Å². The van der Waals surface area contributed by atoms with Gasteiger partial charge < -0.3 is 10.6 Å². The number of hydrogen-bond donors (Lipinski definition) is 2. The van der Waals surface area contributed by atoms with Crippen molar-refractivity contribution in [2.45, 2.75) is 32.9 Å². The molecule has 2 N–H and O–H groups in total. The Hall–Kier alpha value is -2.00. The fraction of sp³-hybridized carbons (Fsp3) is 0.429. The Bertz CT molecular complexity index is 503. The first-order valence-electron chi connectivity index (χ1n) is 6.38. The van der Waals surface area contributed by atoms with Gasteiger partial charge in [-0.05, 0) is 25.5 Å². The lowest BCUT2D eigenvalue weighted by atomic mass is 10.1. The van der Waals surface area contributed by atoms with Crippen LogP contribution in [0.15, 0.2) is 12.1 Å².